The van der Waals surface area contributed by atoms with Gasteiger partial charge in [0.25, 0.3) is 0 Å². The Morgan fingerprint density at radius 2 is 1.86 bits per heavy atom. The Bertz CT molecular complexity index is 398. The van der Waals surface area contributed by atoms with Crippen molar-refractivity contribution in [2.24, 2.45) is 4.99 Å². The van der Waals surface area contributed by atoms with Crippen LogP contribution in [-0.2, 0) is 0 Å². The molecule has 14 heavy (non-hydrogen) atoms. The molecule has 1 aliphatic heterocycles. The number of aliphatic imine (C=N–C) groups is 1. The highest BCUT2D eigenvalue weighted by molar-refractivity contribution is 8.15. The molecule has 0 saturated carbocycles. The molecular formula is C10H7F2NS. The number of nitrogens with zero attached hydrogens (tertiary/aromatic N) is 1. The van der Waals surface area contributed by atoms with Crippen molar-refractivity contribution >= 4 is 16.8 Å². The molecule has 0 N–H and O–H groups in total. The van der Waals surface area contributed by atoms with Crippen LogP contribution in [0.15, 0.2) is 47.6 Å². The Morgan fingerprint density at radius 3 is 2.36 bits per heavy atom. The van der Waals surface area contributed by atoms with Gasteiger partial charge < -0.3 is 0 Å². The average molecular weight is 211 g/mol. The average Bonchev–Trinajstić information content (AvgIpc) is 2.43. The normalized spacial score (nSPS) is 19.6. The van der Waals surface area contributed by atoms with Crippen molar-refractivity contribution in [3.8, 4) is 0 Å². The van der Waals surface area contributed by atoms with Gasteiger partial charge in [0.2, 0.25) is 0 Å². The summed E-state index contributed by atoms with van der Waals surface area (Å²) in [5.41, 5.74) is 0.331. The van der Waals surface area contributed by atoms with Crippen LogP contribution in [0, 0.1) is 0 Å². The quantitative estimate of drug-likeness (QED) is 0.694. The van der Waals surface area contributed by atoms with Crippen LogP contribution in [0.3, 0.4) is 0 Å². The Balaban J connectivity index is 2.33. The second-order valence-electron chi connectivity index (χ2n) is 2.85. The monoisotopic (exact) mass is 211 g/mol. The van der Waals surface area contributed by atoms with E-state index in [1.807, 2.05) is 6.07 Å². The van der Waals surface area contributed by atoms with Crippen LogP contribution in [0.1, 0.15) is 5.56 Å². The Morgan fingerprint density at radius 1 is 1.21 bits per heavy atom. The number of hydrogen-bond donors (Lipinski definition) is 0. The first-order chi connectivity index (χ1) is 6.59. The van der Waals surface area contributed by atoms with Gasteiger partial charge in [-0.05, 0) is 11.8 Å². The molecule has 1 nitrogen and oxygen atoms in total. The molecule has 0 fully saturated rings. The van der Waals surface area contributed by atoms with E-state index >= 15 is 0 Å². The highest BCUT2D eigenvalue weighted by Crippen LogP contribution is 2.44. The number of benzene rings is 1. The van der Waals surface area contributed by atoms with Crippen LogP contribution in [0.4, 0.5) is 8.78 Å². The molecule has 0 amide bonds. The molecule has 0 spiro atoms. The third-order valence-electron chi connectivity index (χ3n) is 1.82. The van der Waals surface area contributed by atoms with Crippen molar-refractivity contribution < 1.29 is 8.78 Å². The molecule has 4 heteroatoms. The predicted octanol–water partition coefficient (Wildman–Crippen LogP) is 3.29. The van der Waals surface area contributed by atoms with Crippen LogP contribution in [0.25, 0.3) is 0 Å². The summed E-state index contributed by atoms with van der Waals surface area (Å²) in [6.07, 6.45) is 0. The summed E-state index contributed by atoms with van der Waals surface area (Å²) in [7, 11) is 0. The van der Waals surface area contributed by atoms with Gasteiger partial charge in [0.15, 0.2) is 0 Å². The zero-order chi connectivity index (χ0) is 10.2. The Kier molecular flexibility index (Phi) is 2.15. The third kappa shape index (κ3) is 1.57. The zero-order valence-electron chi connectivity index (χ0n) is 7.21. The van der Waals surface area contributed by atoms with E-state index in [0.29, 0.717) is 22.4 Å². The summed E-state index contributed by atoms with van der Waals surface area (Å²) < 4.78 is 26.0. The molecule has 0 unspecified atom stereocenters. The Labute approximate surface area is 84.5 Å². The first-order valence-corrected chi connectivity index (χ1v) is 4.81. The molecule has 0 radical (unpaired) electrons. The highest BCUT2D eigenvalue weighted by atomic mass is 32.2. The molecule has 1 heterocycles. The number of alkyl halides is 2. The van der Waals surface area contributed by atoms with Gasteiger partial charge in [0.1, 0.15) is 10.7 Å². The lowest BCUT2D eigenvalue weighted by molar-refractivity contribution is 0.151. The van der Waals surface area contributed by atoms with Gasteiger partial charge in [-0.1, -0.05) is 36.9 Å². The minimum absolute atomic E-state index is 0.334. The summed E-state index contributed by atoms with van der Waals surface area (Å²) in [5, 5.41) is -2.62. The summed E-state index contributed by atoms with van der Waals surface area (Å²) in [5.74, 6) is 0. The molecule has 0 aromatic heterocycles. The smallest absolute Gasteiger partial charge is 0.239 e. The fraction of sp³-hybridized carbons (Fsp3) is 0.100. The fourth-order valence-corrected chi connectivity index (χ4v) is 1.91. The Hall–Kier alpha value is -1.16. The maximum absolute atomic E-state index is 13.0. The summed E-state index contributed by atoms with van der Waals surface area (Å²) in [6.45, 7) is 3.22. The van der Waals surface area contributed by atoms with Crippen molar-refractivity contribution in [3.05, 3.63) is 48.2 Å². The van der Waals surface area contributed by atoms with E-state index in [2.05, 4.69) is 11.6 Å². The number of thioether (sulfide) groups is 1. The van der Waals surface area contributed by atoms with Gasteiger partial charge >= 0.3 is 5.25 Å². The number of rotatable bonds is 1. The summed E-state index contributed by atoms with van der Waals surface area (Å²) in [4.78, 5) is 3.75. The van der Waals surface area contributed by atoms with Crippen LogP contribution < -0.4 is 0 Å². The summed E-state index contributed by atoms with van der Waals surface area (Å²) in [6, 6.07) is 8.91. The third-order valence-corrected chi connectivity index (χ3v) is 2.83. The molecule has 0 aliphatic carbocycles. The van der Waals surface area contributed by atoms with Crippen molar-refractivity contribution in [2.45, 2.75) is 5.25 Å². The molecular weight excluding hydrogens is 204 g/mol. The van der Waals surface area contributed by atoms with Gasteiger partial charge in [-0.15, -0.1) is 0 Å². The van der Waals surface area contributed by atoms with Crippen molar-refractivity contribution in [1.82, 2.24) is 0 Å². The molecule has 0 bridgehead atoms. The van der Waals surface area contributed by atoms with Gasteiger partial charge in [-0.3, -0.25) is 0 Å². The van der Waals surface area contributed by atoms with Crippen molar-refractivity contribution in [2.75, 3.05) is 0 Å². The minimum Gasteiger partial charge on any atom is -0.239 e. The standard InChI is InChI=1S/C10H7F2NS/c1-7-10(11,12)14-9(13-7)8-5-3-2-4-6-8/h2-6H,1H2. The van der Waals surface area contributed by atoms with Crippen LogP contribution in [0.2, 0.25) is 0 Å². The van der Waals surface area contributed by atoms with Crippen LogP contribution in [-0.4, -0.2) is 10.3 Å². The first-order valence-electron chi connectivity index (χ1n) is 4.00. The fourth-order valence-electron chi connectivity index (χ4n) is 1.10. The van der Waals surface area contributed by atoms with E-state index in [1.54, 1.807) is 24.3 Å². The molecule has 2 rings (SSSR count). The van der Waals surface area contributed by atoms with Gasteiger partial charge in [-0.2, -0.15) is 8.78 Å². The van der Waals surface area contributed by atoms with Crippen molar-refractivity contribution in [1.29, 1.82) is 0 Å². The molecule has 72 valence electrons. The topological polar surface area (TPSA) is 12.4 Å². The predicted molar refractivity (Wildman–Crippen MR) is 54.7 cm³/mol. The van der Waals surface area contributed by atoms with E-state index in [-0.39, 0.29) is 5.70 Å². The van der Waals surface area contributed by atoms with E-state index in [0.717, 1.165) is 0 Å². The van der Waals surface area contributed by atoms with E-state index < -0.39 is 5.25 Å². The molecule has 1 aliphatic rings. The van der Waals surface area contributed by atoms with Crippen LogP contribution in [0.5, 0.6) is 0 Å². The van der Waals surface area contributed by atoms with E-state index in [1.165, 1.54) is 0 Å². The molecule has 0 saturated heterocycles. The first kappa shape index (κ1) is 9.40. The maximum Gasteiger partial charge on any atom is 0.340 e. The lowest BCUT2D eigenvalue weighted by Crippen LogP contribution is -2.07. The van der Waals surface area contributed by atoms with Gasteiger partial charge in [0, 0.05) is 5.56 Å². The molecule has 1 aromatic rings. The van der Waals surface area contributed by atoms with E-state index in [4.69, 9.17) is 0 Å². The lowest BCUT2D eigenvalue weighted by atomic mass is 10.2. The SMILES string of the molecule is C=C1N=C(c2ccccc2)SC1(F)F. The number of hydrogen-bond acceptors (Lipinski definition) is 2. The molecule has 0 atom stereocenters. The zero-order valence-corrected chi connectivity index (χ0v) is 8.02. The minimum atomic E-state index is -2.95. The van der Waals surface area contributed by atoms with Gasteiger partial charge in [0.05, 0.1) is 0 Å². The van der Waals surface area contributed by atoms with Crippen molar-refractivity contribution in [3.63, 3.8) is 0 Å². The lowest BCUT2D eigenvalue weighted by Gasteiger charge is -2.05. The van der Waals surface area contributed by atoms with E-state index in [9.17, 15) is 8.78 Å². The van der Waals surface area contributed by atoms with Gasteiger partial charge in [-0.25, -0.2) is 4.99 Å². The van der Waals surface area contributed by atoms with Crippen LogP contribution >= 0.6 is 11.8 Å². The number of halogens is 2. The maximum atomic E-state index is 13.0. The molecule has 1 aromatic carbocycles. The summed E-state index contributed by atoms with van der Waals surface area (Å²) >= 11 is 0.446. The second kappa shape index (κ2) is 3.20. The second-order valence-corrected chi connectivity index (χ2v) is 3.95. The largest absolute Gasteiger partial charge is 0.340 e. The highest BCUT2D eigenvalue weighted by Gasteiger charge is 2.41.